The average molecular weight is 554 g/mol. The summed E-state index contributed by atoms with van der Waals surface area (Å²) in [6.07, 6.45) is -3.88. The van der Waals surface area contributed by atoms with Gasteiger partial charge >= 0.3 is 12.1 Å². The first-order valence-corrected chi connectivity index (χ1v) is 12.4. The molecule has 0 aliphatic rings. The molecule has 0 amide bonds. The van der Waals surface area contributed by atoms with Gasteiger partial charge in [-0.3, -0.25) is 4.68 Å². The Balaban J connectivity index is 2.02. The van der Waals surface area contributed by atoms with E-state index in [-0.39, 0.29) is 16.2 Å². The number of nitrogens with zero attached hydrogens (tertiary/aromatic N) is 4. The zero-order chi connectivity index (χ0) is 27.9. The number of nitrogens with one attached hydrogen (secondary N) is 1. The Morgan fingerprint density at radius 1 is 0.921 bits per heavy atom. The third-order valence-electron chi connectivity index (χ3n) is 5.46. The maximum atomic E-state index is 15.1. The van der Waals surface area contributed by atoms with Gasteiger partial charge in [0.25, 0.3) is 10.0 Å². The molecule has 0 fully saturated rings. The number of para-hydroxylation sites is 1. The van der Waals surface area contributed by atoms with E-state index >= 15 is 8.78 Å². The summed E-state index contributed by atoms with van der Waals surface area (Å²) in [5, 5.41) is 3.77. The zero-order valence-electron chi connectivity index (χ0n) is 20.1. The van der Waals surface area contributed by atoms with Crippen LogP contribution in [-0.2, 0) is 23.0 Å². The number of ether oxygens (including phenoxy) is 1. The first-order valence-electron chi connectivity index (χ1n) is 10.9. The van der Waals surface area contributed by atoms with Gasteiger partial charge in [0.05, 0.1) is 11.9 Å². The summed E-state index contributed by atoms with van der Waals surface area (Å²) in [6, 6.07) is 11.7. The summed E-state index contributed by atoms with van der Waals surface area (Å²) in [5.74, 6) is -7.48. The largest absolute Gasteiger partial charge is 0.458 e. The molecular formula is C24H20F5N5O3S. The molecule has 0 unspecified atom stereocenters. The summed E-state index contributed by atoms with van der Waals surface area (Å²) in [6.45, 7) is 3.03. The standard InChI is InChI=1S/C24H20F5N5O3S/c1-14-8-4-6-10-17(14)20-19(23(25,26)24(27,28)29)21(37-18-11-7-5-9-15(18)2)32-22(31-20)33-38(35,36)16-12-30-34(3)13-16/h4-13H,1-3H3,(H,31,32,33). The van der Waals surface area contributed by atoms with Crippen molar-refractivity contribution in [3.8, 4) is 22.9 Å². The Morgan fingerprint density at radius 3 is 2.13 bits per heavy atom. The fraction of sp³-hybridized carbons (Fsp3) is 0.208. The predicted octanol–water partition coefficient (Wildman–Crippen LogP) is 5.74. The molecule has 14 heteroatoms. The van der Waals surface area contributed by atoms with Crippen LogP contribution in [0.2, 0.25) is 0 Å². The first-order chi connectivity index (χ1) is 17.7. The number of rotatable bonds is 7. The minimum atomic E-state index is -6.05. The lowest BCUT2D eigenvalue weighted by atomic mass is 9.98. The molecule has 0 spiro atoms. The quantitative estimate of drug-likeness (QED) is 0.293. The summed E-state index contributed by atoms with van der Waals surface area (Å²) < 4.78 is 106. The average Bonchev–Trinajstić information content (AvgIpc) is 3.27. The van der Waals surface area contributed by atoms with Crippen LogP contribution in [0.15, 0.2) is 65.8 Å². The second-order valence-electron chi connectivity index (χ2n) is 8.29. The zero-order valence-corrected chi connectivity index (χ0v) is 20.9. The smallest absolute Gasteiger partial charge is 0.438 e. The molecule has 4 rings (SSSR count). The van der Waals surface area contributed by atoms with Crippen molar-refractivity contribution in [3.63, 3.8) is 0 Å². The van der Waals surface area contributed by atoms with E-state index in [1.807, 2.05) is 4.72 Å². The van der Waals surface area contributed by atoms with Gasteiger partial charge in [-0.15, -0.1) is 0 Å². The highest BCUT2D eigenvalue weighted by atomic mass is 32.2. The van der Waals surface area contributed by atoms with Crippen LogP contribution in [0.1, 0.15) is 16.7 Å². The van der Waals surface area contributed by atoms with Crippen LogP contribution in [-0.4, -0.2) is 34.3 Å². The van der Waals surface area contributed by atoms with Crippen LogP contribution in [0.3, 0.4) is 0 Å². The first kappa shape index (κ1) is 27.0. The molecule has 8 nitrogen and oxygen atoms in total. The third-order valence-corrected chi connectivity index (χ3v) is 6.75. The van der Waals surface area contributed by atoms with Crippen molar-refractivity contribution in [2.75, 3.05) is 4.72 Å². The number of benzene rings is 2. The normalized spacial score (nSPS) is 12.4. The highest BCUT2D eigenvalue weighted by molar-refractivity contribution is 7.92. The number of alkyl halides is 5. The Bertz CT molecular complexity index is 1600. The second-order valence-corrected chi connectivity index (χ2v) is 9.97. The van der Waals surface area contributed by atoms with Gasteiger partial charge < -0.3 is 4.74 Å². The second kappa shape index (κ2) is 9.67. The van der Waals surface area contributed by atoms with Gasteiger partial charge in [0, 0.05) is 18.8 Å². The van der Waals surface area contributed by atoms with Crippen LogP contribution >= 0.6 is 0 Å². The van der Waals surface area contributed by atoms with E-state index in [1.165, 1.54) is 49.0 Å². The molecule has 0 saturated heterocycles. The molecule has 0 radical (unpaired) electrons. The Morgan fingerprint density at radius 2 is 1.55 bits per heavy atom. The minimum absolute atomic E-state index is 0.0674. The maximum absolute atomic E-state index is 15.1. The van der Waals surface area contributed by atoms with Crippen molar-refractivity contribution in [3.05, 3.63) is 77.6 Å². The van der Waals surface area contributed by atoms with Crippen LogP contribution in [0.25, 0.3) is 11.3 Å². The number of halogens is 5. The summed E-state index contributed by atoms with van der Waals surface area (Å²) in [7, 11) is -2.93. The highest BCUT2D eigenvalue weighted by Gasteiger charge is 2.62. The van der Waals surface area contributed by atoms with Crippen LogP contribution in [0.4, 0.5) is 27.9 Å². The molecule has 1 N–H and O–H groups in total. The molecular weight excluding hydrogens is 533 g/mol. The van der Waals surface area contributed by atoms with Crippen molar-refractivity contribution in [1.29, 1.82) is 0 Å². The number of aryl methyl sites for hydroxylation is 3. The molecule has 0 atom stereocenters. The number of anilines is 1. The number of hydrogen-bond donors (Lipinski definition) is 1. The molecule has 0 bridgehead atoms. The Hall–Kier alpha value is -4.07. The van der Waals surface area contributed by atoms with Gasteiger partial charge in [0.2, 0.25) is 11.8 Å². The molecule has 38 heavy (non-hydrogen) atoms. The van der Waals surface area contributed by atoms with Gasteiger partial charge in [-0.1, -0.05) is 42.5 Å². The monoisotopic (exact) mass is 553 g/mol. The molecule has 2 aromatic heterocycles. The van der Waals surface area contributed by atoms with Crippen LogP contribution in [0.5, 0.6) is 11.6 Å². The topological polar surface area (TPSA) is 99.0 Å². The lowest BCUT2D eigenvalue weighted by Gasteiger charge is -2.25. The van der Waals surface area contributed by atoms with Gasteiger partial charge in [0.15, 0.2) is 0 Å². The molecule has 4 aromatic rings. The van der Waals surface area contributed by atoms with Crippen molar-refractivity contribution in [1.82, 2.24) is 19.7 Å². The van der Waals surface area contributed by atoms with Gasteiger partial charge in [-0.25, -0.2) is 18.1 Å². The lowest BCUT2D eigenvalue weighted by Crippen LogP contribution is -2.35. The van der Waals surface area contributed by atoms with E-state index < -0.39 is 45.2 Å². The van der Waals surface area contributed by atoms with Gasteiger partial charge in [-0.05, 0) is 31.0 Å². The van der Waals surface area contributed by atoms with E-state index in [9.17, 15) is 21.6 Å². The molecule has 0 aliphatic carbocycles. The van der Waals surface area contributed by atoms with Crippen LogP contribution in [0, 0.1) is 13.8 Å². The molecule has 0 aliphatic heterocycles. The SMILES string of the molecule is Cc1ccccc1Oc1nc(NS(=O)(=O)c2cnn(C)c2)nc(-c2ccccc2C)c1C(F)(F)C(F)(F)F. The highest BCUT2D eigenvalue weighted by Crippen LogP contribution is 2.51. The van der Waals surface area contributed by atoms with Crippen molar-refractivity contribution < 1.29 is 35.1 Å². The van der Waals surface area contributed by atoms with Crippen molar-refractivity contribution >= 4 is 16.0 Å². The van der Waals surface area contributed by atoms with Crippen LogP contribution < -0.4 is 9.46 Å². The number of sulfonamides is 1. The fourth-order valence-corrected chi connectivity index (χ4v) is 4.44. The van der Waals surface area contributed by atoms with E-state index in [0.29, 0.717) is 11.1 Å². The predicted molar refractivity (Wildman–Crippen MR) is 127 cm³/mol. The number of aromatic nitrogens is 4. The summed E-state index contributed by atoms with van der Waals surface area (Å²) in [5.41, 5.74) is -1.92. The van der Waals surface area contributed by atoms with Crippen molar-refractivity contribution in [2.24, 2.45) is 7.05 Å². The van der Waals surface area contributed by atoms with E-state index in [4.69, 9.17) is 4.74 Å². The molecule has 2 aromatic carbocycles. The number of hydrogen-bond acceptors (Lipinski definition) is 6. The van der Waals surface area contributed by atoms with E-state index in [1.54, 1.807) is 25.1 Å². The Kier molecular flexibility index (Phi) is 6.86. The van der Waals surface area contributed by atoms with E-state index in [2.05, 4.69) is 15.1 Å². The molecule has 0 saturated carbocycles. The van der Waals surface area contributed by atoms with Crippen molar-refractivity contribution in [2.45, 2.75) is 30.8 Å². The summed E-state index contributed by atoms with van der Waals surface area (Å²) >= 11 is 0. The Labute approximate surface area is 214 Å². The van der Waals surface area contributed by atoms with Gasteiger partial charge in [0.1, 0.15) is 16.2 Å². The van der Waals surface area contributed by atoms with Gasteiger partial charge in [-0.2, -0.15) is 32.0 Å². The minimum Gasteiger partial charge on any atom is -0.438 e. The van der Waals surface area contributed by atoms with E-state index in [0.717, 1.165) is 12.4 Å². The summed E-state index contributed by atoms with van der Waals surface area (Å²) in [4.78, 5) is 7.22. The molecule has 2 heterocycles. The maximum Gasteiger partial charge on any atom is 0.458 e. The lowest BCUT2D eigenvalue weighted by molar-refractivity contribution is -0.289. The fourth-order valence-electron chi connectivity index (χ4n) is 3.51. The molecule has 200 valence electrons. The third kappa shape index (κ3) is 5.16.